The zero-order chi connectivity index (χ0) is 34.9. The van der Waals surface area contributed by atoms with Crippen molar-refractivity contribution in [2.75, 3.05) is 0 Å². The molecule has 4 aromatic heterocycles. The molecule has 0 bridgehead atoms. The molecule has 7 aromatic carbocycles. The fraction of sp³-hybridized carbons (Fsp3) is 0. The van der Waals surface area contributed by atoms with E-state index in [0.29, 0.717) is 28.9 Å². The Hall–Kier alpha value is -7.38. The molecule has 7 nitrogen and oxygen atoms in total. The van der Waals surface area contributed by atoms with Gasteiger partial charge in [0.2, 0.25) is 5.89 Å². The van der Waals surface area contributed by atoms with Gasteiger partial charge in [-0.1, -0.05) is 84.9 Å². The Labute approximate surface area is 302 Å². The van der Waals surface area contributed by atoms with Crippen molar-refractivity contribution in [1.82, 2.24) is 24.5 Å². The first-order valence-corrected chi connectivity index (χ1v) is 17.5. The number of oxazole rings is 1. The molecule has 7 heteroatoms. The van der Waals surface area contributed by atoms with Gasteiger partial charge in [-0.2, -0.15) is 0 Å². The van der Waals surface area contributed by atoms with Gasteiger partial charge in [0.25, 0.3) is 0 Å². The van der Waals surface area contributed by atoms with Gasteiger partial charge in [-0.15, -0.1) is 0 Å². The van der Waals surface area contributed by atoms with Crippen molar-refractivity contribution >= 4 is 54.8 Å². The van der Waals surface area contributed by atoms with Crippen molar-refractivity contribution in [1.29, 1.82) is 0 Å². The Morgan fingerprint density at radius 1 is 0.396 bits per heavy atom. The highest BCUT2D eigenvalue weighted by Crippen LogP contribution is 2.37. The smallest absolute Gasteiger partial charge is 0.227 e. The van der Waals surface area contributed by atoms with Crippen LogP contribution in [0.2, 0.25) is 0 Å². The molecule has 0 saturated heterocycles. The maximum Gasteiger partial charge on any atom is 0.227 e. The maximum absolute atomic E-state index is 6.44. The van der Waals surface area contributed by atoms with Crippen molar-refractivity contribution in [3.05, 3.63) is 164 Å². The summed E-state index contributed by atoms with van der Waals surface area (Å²) in [5, 5.41) is 4.37. The highest BCUT2D eigenvalue weighted by molar-refractivity contribution is 6.10. The lowest BCUT2D eigenvalue weighted by molar-refractivity contribution is 0.620. The zero-order valence-electron chi connectivity index (χ0n) is 28.1. The Morgan fingerprint density at radius 3 is 1.91 bits per heavy atom. The molecule has 0 fully saturated rings. The number of hydrogen-bond donors (Lipinski definition) is 0. The predicted octanol–water partition coefficient (Wildman–Crippen LogP) is 11.7. The SMILES string of the molecule is c1ccc(-c2nc3cccc(-c4nc(-c5ccc6c(c5)oc5ccccc56)nc(-c5ccc6c(c5)c5ccccc5n6-c5ccccc5)n4)c3o2)cc1. The number of nitrogens with zero attached hydrogens (tertiary/aromatic N) is 5. The molecule has 0 amide bonds. The quantitative estimate of drug-likeness (QED) is 0.180. The first-order valence-electron chi connectivity index (χ1n) is 17.5. The van der Waals surface area contributed by atoms with Gasteiger partial charge >= 0.3 is 0 Å². The summed E-state index contributed by atoms with van der Waals surface area (Å²) >= 11 is 0. The molecule has 0 radical (unpaired) electrons. The molecule has 0 saturated carbocycles. The Bertz CT molecular complexity index is 3180. The molecule has 53 heavy (non-hydrogen) atoms. The molecule has 0 aliphatic carbocycles. The molecule has 11 rings (SSSR count). The highest BCUT2D eigenvalue weighted by Gasteiger charge is 2.20. The minimum absolute atomic E-state index is 0.489. The average molecular weight is 682 g/mol. The van der Waals surface area contributed by atoms with Crippen LogP contribution in [0.5, 0.6) is 0 Å². The standard InChI is InChI=1S/C46H27N5O2/c1-3-12-28(13-4-1)46-47-37-19-11-18-35(42(37)53-46)45-49-43(48-44(50-45)30-22-24-34-33-17-8-10-21-40(33)52-41(34)27-30)29-23-25-39-36(26-29)32-16-7-9-20-38(32)51(39)31-14-5-2-6-15-31/h1-27H. The fourth-order valence-electron chi connectivity index (χ4n) is 7.42. The number of benzene rings is 7. The van der Waals surface area contributed by atoms with E-state index in [4.69, 9.17) is 28.8 Å². The second kappa shape index (κ2) is 11.6. The van der Waals surface area contributed by atoms with Gasteiger partial charge in [0.05, 0.1) is 16.6 Å². The van der Waals surface area contributed by atoms with E-state index >= 15 is 0 Å². The second-order valence-corrected chi connectivity index (χ2v) is 13.1. The third-order valence-corrected chi connectivity index (χ3v) is 9.89. The summed E-state index contributed by atoms with van der Waals surface area (Å²) in [6.45, 7) is 0. The average Bonchev–Trinajstić information content (AvgIpc) is 3.93. The topological polar surface area (TPSA) is 82.8 Å². The lowest BCUT2D eigenvalue weighted by Crippen LogP contribution is -2.00. The zero-order valence-corrected chi connectivity index (χ0v) is 28.1. The summed E-state index contributed by atoms with van der Waals surface area (Å²) in [6, 6.07) is 55.4. The van der Waals surface area contributed by atoms with E-state index in [1.54, 1.807) is 0 Å². The van der Waals surface area contributed by atoms with E-state index in [9.17, 15) is 0 Å². The predicted molar refractivity (Wildman–Crippen MR) is 211 cm³/mol. The molecule has 4 heterocycles. The Balaban J connectivity index is 1.13. The van der Waals surface area contributed by atoms with E-state index < -0.39 is 0 Å². The number of furan rings is 1. The van der Waals surface area contributed by atoms with Crippen molar-refractivity contribution in [3.8, 4) is 51.3 Å². The summed E-state index contributed by atoms with van der Waals surface area (Å²) in [5.74, 6) is 2.10. The number of rotatable bonds is 5. The van der Waals surface area contributed by atoms with Crippen LogP contribution < -0.4 is 0 Å². The Kier molecular flexibility index (Phi) is 6.42. The van der Waals surface area contributed by atoms with Gasteiger partial charge in [-0.25, -0.2) is 19.9 Å². The summed E-state index contributed by atoms with van der Waals surface area (Å²) in [6.07, 6.45) is 0. The molecule has 0 atom stereocenters. The van der Waals surface area contributed by atoms with E-state index in [1.807, 2.05) is 84.9 Å². The third kappa shape index (κ3) is 4.75. The molecular formula is C46H27N5O2. The van der Waals surface area contributed by atoms with Gasteiger partial charge in [0.15, 0.2) is 23.1 Å². The summed E-state index contributed by atoms with van der Waals surface area (Å²) in [7, 11) is 0. The number of fused-ring (bicyclic) bond motifs is 7. The van der Waals surface area contributed by atoms with Crippen molar-refractivity contribution in [2.45, 2.75) is 0 Å². The molecule has 0 unspecified atom stereocenters. The molecular weight excluding hydrogens is 655 g/mol. The van der Waals surface area contributed by atoms with Crippen LogP contribution in [0, 0.1) is 0 Å². The summed E-state index contributed by atoms with van der Waals surface area (Å²) < 4.78 is 15.0. The molecule has 0 spiro atoms. The van der Waals surface area contributed by atoms with Crippen LogP contribution in [0.1, 0.15) is 0 Å². The van der Waals surface area contributed by atoms with Crippen molar-refractivity contribution < 1.29 is 8.83 Å². The molecule has 0 N–H and O–H groups in total. The van der Waals surface area contributed by atoms with Gasteiger partial charge in [0, 0.05) is 43.9 Å². The number of para-hydroxylation sites is 4. The lowest BCUT2D eigenvalue weighted by atomic mass is 10.1. The second-order valence-electron chi connectivity index (χ2n) is 13.1. The lowest BCUT2D eigenvalue weighted by Gasteiger charge is -2.10. The van der Waals surface area contributed by atoms with Crippen LogP contribution in [-0.2, 0) is 0 Å². The van der Waals surface area contributed by atoms with Crippen LogP contribution >= 0.6 is 0 Å². The van der Waals surface area contributed by atoms with E-state index in [2.05, 4.69) is 83.4 Å². The normalized spacial score (nSPS) is 11.8. The monoisotopic (exact) mass is 681 g/mol. The van der Waals surface area contributed by atoms with Crippen molar-refractivity contribution in [2.24, 2.45) is 0 Å². The maximum atomic E-state index is 6.44. The summed E-state index contributed by atoms with van der Waals surface area (Å²) in [4.78, 5) is 20.2. The first kappa shape index (κ1) is 29.4. The van der Waals surface area contributed by atoms with Gasteiger partial charge in [-0.05, 0) is 78.9 Å². The summed E-state index contributed by atoms with van der Waals surface area (Å²) in [5.41, 5.74) is 9.61. The highest BCUT2D eigenvalue weighted by atomic mass is 16.3. The largest absolute Gasteiger partial charge is 0.456 e. The first-order chi connectivity index (χ1) is 26.2. The molecule has 248 valence electrons. The van der Waals surface area contributed by atoms with Gasteiger partial charge < -0.3 is 13.4 Å². The number of hydrogen-bond acceptors (Lipinski definition) is 6. The van der Waals surface area contributed by atoms with E-state index in [-0.39, 0.29) is 0 Å². The van der Waals surface area contributed by atoms with Crippen LogP contribution in [-0.4, -0.2) is 24.5 Å². The van der Waals surface area contributed by atoms with Crippen molar-refractivity contribution in [3.63, 3.8) is 0 Å². The van der Waals surface area contributed by atoms with Crippen LogP contribution in [0.15, 0.2) is 173 Å². The fourth-order valence-corrected chi connectivity index (χ4v) is 7.42. The molecule has 11 aromatic rings. The molecule has 0 aliphatic rings. The number of aromatic nitrogens is 5. The third-order valence-electron chi connectivity index (χ3n) is 9.89. The van der Waals surface area contributed by atoms with E-state index in [0.717, 1.165) is 77.2 Å². The van der Waals surface area contributed by atoms with Crippen LogP contribution in [0.4, 0.5) is 0 Å². The van der Waals surface area contributed by atoms with Gasteiger partial charge in [0.1, 0.15) is 16.7 Å². The van der Waals surface area contributed by atoms with E-state index in [1.165, 1.54) is 0 Å². The Morgan fingerprint density at radius 2 is 1.06 bits per heavy atom. The molecule has 0 aliphatic heterocycles. The van der Waals surface area contributed by atoms with Crippen LogP contribution in [0.25, 0.3) is 106 Å². The van der Waals surface area contributed by atoms with Crippen LogP contribution in [0.3, 0.4) is 0 Å². The van der Waals surface area contributed by atoms with Gasteiger partial charge in [-0.3, -0.25) is 0 Å². The minimum atomic E-state index is 0.489. The minimum Gasteiger partial charge on any atom is -0.456 e.